The van der Waals surface area contributed by atoms with Gasteiger partial charge in [0.15, 0.2) is 17.9 Å². The Hall–Kier alpha value is -2.13. The van der Waals surface area contributed by atoms with E-state index in [1.165, 1.54) is 16.7 Å². The quantitative estimate of drug-likeness (QED) is 0.774. The number of benzene rings is 1. The lowest BCUT2D eigenvalue weighted by atomic mass is 10.1. The van der Waals surface area contributed by atoms with E-state index >= 15 is 4.39 Å². The molecule has 0 aliphatic carbocycles. The van der Waals surface area contributed by atoms with Crippen LogP contribution in [0.2, 0.25) is 0 Å². The highest BCUT2D eigenvalue weighted by molar-refractivity contribution is 8.14. The molecule has 0 bridgehead atoms. The van der Waals surface area contributed by atoms with Crippen LogP contribution in [0, 0.1) is 5.82 Å². The van der Waals surface area contributed by atoms with Crippen LogP contribution in [0.3, 0.4) is 0 Å². The highest BCUT2D eigenvalue weighted by Gasteiger charge is 2.31. The topological polar surface area (TPSA) is 75.9 Å². The number of aromatic nitrogens is 1. The third kappa shape index (κ3) is 2.67. The number of carbonyl (C=O) groups excluding carboxylic acids is 2. The molecule has 0 saturated carbocycles. The van der Waals surface area contributed by atoms with Crippen LogP contribution in [0.15, 0.2) is 10.6 Å². The first-order chi connectivity index (χ1) is 12.1. The van der Waals surface area contributed by atoms with Gasteiger partial charge in [-0.1, -0.05) is 16.9 Å². The second-order valence-corrected chi connectivity index (χ2v) is 7.07. The fraction of sp³-hybridized carbons (Fsp3) is 0.438. The average Bonchev–Trinajstić information content (AvgIpc) is 3.20. The molecule has 2 aliphatic rings. The van der Waals surface area contributed by atoms with Crippen molar-refractivity contribution >= 4 is 45.8 Å². The van der Waals surface area contributed by atoms with Crippen molar-refractivity contribution in [2.45, 2.75) is 13.0 Å². The maximum absolute atomic E-state index is 15.1. The van der Waals surface area contributed by atoms with Gasteiger partial charge in [-0.25, -0.2) is 4.39 Å². The standard InChI is InChI=1S/C16H16FN3O4S/c1-9-7-19(2-4-23-9)13-10(8-21)6-11-14(12(13)17)24-18-15(11)20-3-5-25-16(20)22/h6,8-9H,2-5,7H2,1H3. The van der Waals surface area contributed by atoms with E-state index in [2.05, 4.69) is 5.16 Å². The maximum atomic E-state index is 15.1. The van der Waals surface area contributed by atoms with Crippen LogP contribution < -0.4 is 9.80 Å². The molecule has 1 amide bonds. The van der Waals surface area contributed by atoms with Crippen molar-refractivity contribution in [3.63, 3.8) is 0 Å². The third-order valence-corrected chi connectivity index (χ3v) is 5.24. The minimum atomic E-state index is -0.633. The molecule has 2 saturated heterocycles. The van der Waals surface area contributed by atoms with Gasteiger partial charge in [-0.3, -0.25) is 14.5 Å². The van der Waals surface area contributed by atoms with E-state index < -0.39 is 5.82 Å². The number of nitrogens with zero attached hydrogens (tertiary/aromatic N) is 3. The first-order valence-corrected chi connectivity index (χ1v) is 8.96. The first-order valence-electron chi connectivity index (χ1n) is 7.98. The van der Waals surface area contributed by atoms with Crippen LogP contribution in [0.25, 0.3) is 11.0 Å². The smallest absolute Gasteiger partial charge is 0.287 e. The highest BCUT2D eigenvalue weighted by Crippen LogP contribution is 2.38. The summed E-state index contributed by atoms with van der Waals surface area (Å²) in [5, 5.41) is 4.06. The molecule has 1 aromatic carbocycles. The highest BCUT2D eigenvalue weighted by atomic mass is 32.2. The molecule has 1 aromatic heterocycles. The van der Waals surface area contributed by atoms with Gasteiger partial charge in [0, 0.05) is 31.0 Å². The summed E-state index contributed by atoms with van der Waals surface area (Å²) >= 11 is 1.17. The Kier molecular flexibility index (Phi) is 4.12. The van der Waals surface area contributed by atoms with Gasteiger partial charge in [0.1, 0.15) is 0 Å². The van der Waals surface area contributed by atoms with Crippen molar-refractivity contribution in [1.82, 2.24) is 5.16 Å². The van der Waals surface area contributed by atoms with E-state index in [1.807, 2.05) is 6.92 Å². The lowest BCUT2D eigenvalue weighted by molar-refractivity contribution is 0.0529. The Morgan fingerprint density at radius 1 is 1.44 bits per heavy atom. The molecule has 3 heterocycles. The van der Waals surface area contributed by atoms with Crippen LogP contribution in [0.4, 0.5) is 20.7 Å². The monoisotopic (exact) mass is 365 g/mol. The lowest BCUT2D eigenvalue weighted by Gasteiger charge is -2.33. The van der Waals surface area contributed by atoms with Crippen molar-refractivity contribution in [2.75, 3.05) is 41.8 Å². The number of hydrogen-bond donors (Lipinski definition) is 0. The molecule has 9 heteroatoms. The molecule has 1 unspecified atom stereocenters. The summed E-state index contributed by atoms with van der Waals surface area (Å²) in [6.45, 7) is 3.79. The zero-order valence-corrected chi connectivity index (χ0v) is 14.3. The Morgan fingerprint density at radius 3 is 2.96 bits per heavy atom. The number of morpholine rings is 1. The summed E-state index contributed by atoms with van der Waals surface area (Å²) in [6.07, 6.45) is 0.558. The van der Waals surface area contributed by atoms with Crippen LogP contribution in [0.1, 0.15) is 17.3 Å². The second-order valence-electron chi connectivity index (χ2n) is 6.02. The van der Waals surface area contributed by atoms with Crippen LogP contribution in [0.5, 0.6) is 0 Å². The fourth-order valence-electron chi connectivity index (χ4n) is 3.25. The minimum absolute atomic E-state index is 0.0422. The molecule has 0 radical (unpaired) electrons. The number of fused-ring (bicyclic) bond motifs is 1. The Bertz CT molecular complexity index is 856. The summed E-state index contributed by atoms with van der Waals surface area (Å²) in [6, 6.07) is 1.54. The lowest BCUT2D eigenvalue weighted by Crippen LogP contribution is -2.42. The van der Waals surface area contributed by atoms with Crippen molar-refractivity contribution in [3.05, 3.63) is 17.4 Å². The van der Waals surface area contributed by atoms with Gasteiger partial charge >= 0.3 is 0 Å². The molecule has 25 heavy (non-hydrogen) atoms. The Balaban J connectivity index is 1.84. The van der Waals surface area contributed by atoms with Gasteiger partial charge in [-0.15, -0.1) is 0 Å². The third-order valence-electron chi connectivity index (χ3n) is 4.39. The molecular weight excluding hydrogens is 349 g/mol. The maximum Gasteiger partial charge on any atom is 0.287 e. The van der Waals surface area contributed by atoms with Gasteiger partial charge in [-0.05, 0) is 13.0 Å². The summed E-state index contributed by atoms with van der Waals surface area (Å²) in [7, 11) is 0. The zero-order chi connectivity index (χ0) is 17.6. The predicted molar refractivity (Wildman–Crippen MR) is 92.2 cm³/mol. The minimum Gasteiger partial charge on any atom is -0.375 e. The fourth-order valence-corrected chi connectivity index (χ4v) is 4.03. The molecule has 132 valence electrons. The average molecular weight is 365 g/mol. The van der Waals surface area contributed by atoms with Gasteiger partial charge < -0.3 is 14.2 Å². The number of anilines is 2. The normalized spacial score (nSPS) is 21.4. The first kappa shape index (κ1) is 16.3. The molecule has 2 aromatic rings. The van der Waals surface area contributed by atoms with Crippen LogP contribution >= 0.6 is 11.8 Å². The second kappa shape index (κ2) is 6.30. The summed E-state index contributed by atoms with van der Waals surface area (Å²) in [4.78, 5) is 26.8. The molecule has 2 fully saturated rings. The number of amides is 1. The van der Waals surface area contributed by atoms with Crippen molar-refractivity contribution in [1.29, 1.82) is 0 Å². The number of carbonyl (C=O) groups is 2. The number of rotatable bonds is 3. The van der Waals surface area contributed by atoms with Gasteiger partial charge in [0.05, 0.1) is 23.8 Å². The number of hydrogen-bond acceptors (Lipinski definition) is 7. The van der Waals surface area contributed by atoms with E-state index in [1.54, 1.807) is 11.0 Å². The summed E-state index contributed by atoms with van der Waals surface area (Å²) in [5.74, 6) is 0.264. The molecule has 7 nitrogen and oxygen atoms in total. The number of halogens is 1. The molecule has 0 N–H and O–H groups in total. The van der Waals surface area contributed by atoms with Gasteiger partial charge in [-0.2, -0.15) is 0 Å². The molecule has 2 aliphatic heterocycles. The Labute approximate surface area is 147 Å². The van der Waals surface area contributed by atoms with Crippen molar-refractivity contribution < 1.29 is 23.2 Å². The largest absolute Gasteiger partial charge is 0.375 e. The molecule has 1 atom stereocenters. The van der Waals surface area contributed by atoms with Crippen LogP contribution in [-0.2, 0) is 4.74 Å². The summed E-state index contributed by atoms with van der Waals surface area (Å²) < 4.78 is 25.8. The van der Waals surface area contributed by atoms with E-state index in [4.69, 9.17) is 9.26 Å². The van der Waals surface area contributed by atoms with Gasteiger partial charge in [0.2, 0.25) is 5.58 Å². The SMILES string of the molecule is CC1CN(c2c(C=O)cc3c(N4CCSC4=O)noc3c2F)CCO1. The van der Waals surface area contributed by atoms with E-state index in [0.717, 1.165) is 0 Å². The van der Waals surface area contributed by atoms with E-state index in [9.17, 15) is 9.59 Å². The molecular formula is C16H16FN3O4S. The van der Waals surface area contributed by atoms with E-state index in [-0.39, 0.29) is 34.0 Å². The molecule has 4 rings (SSSR count). The summed E-state index contributed by atoms with van der Waals surface area (Å²) in [5.41, 5.74) is 0.366. The number of ether oxygens (including phenoxy) is 1. The number of thioether (sulfide) groups is 1. The van der Waals surface area contributed by atoms with Crippen LogP contribution in [-0.4, -0.2) is 54.8 Å². The Morgan fingerprint density at radius 2 is 2.28 bits per heavy atom. The molecule has 0 spiro atoms. The zero-order valence-electron chi connectivity index (χ0n) is 13.5. The van der Waals surface area contributed by atoms with Crippen molar-refractivity contribution in [2.24, 2.45) is 0 Å². The van der Waals surface area contributed by atoms with E-state index in [0.29, 0.717) is 43.7 Å². The number of aldehydes is 1. The van der Waals surface area contributed by atoms with Gasteiger partial charge in [0.25, 0.3) is 5.24 Å². The predicted octanol–water partition coefficient (Wildman–Crippen LogP) is 2.68. The van der Waals surface area contributed by atoms with Crippen molar-refractivity contribution in [3.8, 4) is 0 Å².